The summed E-state index contributed by atoms with van der Waals surface area (Å²) in [6.07, 6.45) is 7.68. The van der Waals surface area contributed by atoms with Gasteiger partial charge in [-0.3, -0.25) is 4.90 Å². The van der Waals surface area contributed by atoms with Crippen LogP contribution in [0.15, 0.2) is 60.8 Å². The van der Waals surface area contributed by atoms with Crippen molar-refractivity contribution < 1.29 is 29.0 Å². The topological polar surface area (TPSA) is 105 Å². The largest absolute Gasteiger partial charge is 0.443 e. The van der Waals surface area contributed by atoms with Gasteiger partial charge in [-0.1, -0.05) is 37.4 Å². The van der Waals surface area contributed by atoms with Crippen molar-refractivity contribution in [3.63, 3.8) is 0 Å². The second-order valence-corrected chi connectivity index (χ2v) is 8.90. The number of ether oxygens (including phenoxy) is 2. The van der Waals surface area contributed by atoms with Crippen LogP contribution in [0.25, 0.3) is 0 Å². The molecule has 2 aliphatic heterocycles. The van der Waals surface area contributed by atoms with Gasteiger partial charge in [0, 0.05) is 27.0 Å². The molecule has 0 aliphatic carbocycles. The summed E-state index contributed by atoms with van der Waals surface area (Å²) in [6, 6.07) is 7.64. The number of aliphatic hydroxyl groups excluding tert-OH is 1. The van der Waals surface area contributed by atoms with Gasteiger partial charge in [-0.05, 0) is 69.7 Å². The van der Waals surface area contributed by atoms with Gasteiger partial charge in [0.15, 0.2) is 0 Å². The van der Waals surface area contributed by atoms with Gasteiger partial charge in [0.2, 0.25) is 0 Å². The molecule has 0 saturated carbocycles. The predicted octanol–water partition coefficient (Wildman–Crippen LogP) is 4.69. The molecular formula is C28H42N2O6. The quantitative estimate of drug-likeness (QED) is 0.575. The third-order valence-corrected chi connectivity index (χ3v) is 5.06. The summed E-state index contributed by atoms with van der Waals surface area (Å²) >= 11 is 0. The van der Waals surface area contributed by atoms with E-state index in [1.54, 1.807) is 47.1 Å². The minimum absolute atomic E-state index is 0.0138. The first-order chi connectivity index (χ1) is 17.1. The number of anilines is 1. The van der Waals surface area contributed by atoms with Crippen LogP contribution in [0.4, 0.5) is 10.5 Å². The number of fused-ring (bicyclic) bond motifs is 1. The highest BCUT2D eigenvalue weighted by atomic mass is 16.6. The van der Waals surface area contributed by atoms with Gasteiger partial charge >= 0.3 is 6.09 Å². The zero-order chi connectivity index (χ0) is 27.7. The SMILES string of the molecule is C=CC1=C(C=C)N(C(=O)OC(C)(C)C)C(C=O)CC1.CO.COC.O=CC1CCc2ccccc2N1. The molecule has 2 aliphatic rings. The third kappa shape index (κ3) is 10.6. The number of para-hydroxylation sites is 1. The maximum atomic E-state index is 12.2. The first-order valence-corrected chi connectivity index (χ1v) is 11.8. The first kappa shape index (κ1) is 32.8. The Hall–Kier alpha value is -3.23. The van der Waals surface area contributed by atoms with Gasteiger partial charge in [-0.2, -0.15) is 0 Å². The molecule has 2 N–H and O–H groups in total. The van der Waals surface area contributed by atoms with E-state index in [-0.39, 0.29) is 6.04 Å². The number of hydrogen-bond acceptors (Lipinski definition) is 7. The molecule has 0 fully saturated rings. The van der Waals surface area contributed by atoms with E-state index >= 15 is 0 Å². The van der Waals surface area contributed by atoms with E-state index in [1.807, 2.05) is 18.2 Å². The summed E-state index contributed by atoms with van der Waals surface area (Å²) in [5.41, 5.74) is 3.32. The van der Waals surface area contributed by atoms with Gasteiger partial charge in [0.1, 0.15) is 18.2 Å². The van der Waals surface area contributed by atoms with Gasteiger partial charge < -0.3 is 29.5 Å². The zero-order valence-corrected chi connectivity index (χ0v) is 22.5. The van der Waals surface area contributed by atoms with Crippen LogP contribution in [0.3, 0.4) is 0 Å². The Morgan fingerprint density at radius 1 is 1.06 bits per heavy atom. The van der Waals surface area contributed by atoms with E-state index in [9.17, 15) is 14.4 Å². The molecule has 2 unspecified atom stereocenters. The smallest absolute Gasteiger partial charge is 0.415 e. The average Bonchev–Trinajstić information content (AvgIpc) is 2.88. The number of aryl methyl sites for hydroxylation is 1. The number of benzene rings is 1. The second kappa shape index (κ2) is 17.2. The van der Waals surface area contributed by atoms with Crippen molar-refractivity contribution >= 4 is 24.4 Å². The Balaban J connectivity index is 0.000000612. The predicted molar refractivity (Wildman–Crippen MR) is 144 cm³/mol. The molecule has 0 bridgehead atoms. The fraction of sp³-hybridized carbons (Fsp3) is 0.464. The number of carbonyl (C=O) groups is 3. The lowest BCUT2D eigenvalue weighted by atomic mass is 9.97. The van der Waals surface area contributed by atoms with Crippen molar-refractivity contribution in [2.24, 2.45) is 0 Å². The maximum Gasteiger partial charge on any atom is 0.415 e. The van der Waals surface area contributed by atoms with Crippen LogP contribution in [0.5, 0.6) is 0 Å². The molecule has 200 valence electrons. The van der Waals surface area contributed by atoms with E-state index in [0.717, 1.165) is 43.8 Å². The van der Waals surface area contributed by atoms with Gasteiger partial charge in [0.25, 0.3) is 0 Å². The minimum Gasteiger partial charge on any atom is -0.443 e. The summed E-state index contributed by atoms with van der Waals surface area (Å²) in [6.45, 7) is 12.8. The highest BCUT2D eigenvalue weighted by Gasteiger charge is 2.33. The number of aldehydes is 2. The Morgan fingerprint density at radius 2 is 1.67 bits per heavy atom. The molecule has 8 nitrogen and oxygen atoms in total. The third-order valence-electron chi connectivity index (χ3n) is 5.06. The summed E-state index contributed by atoms with van der Waals surface area (Å²) in [4.78, 5) is 35.3. The molecule has 2 heterocycles. The van der Waals surface area contributed by atoms with Crippen molar-refractivity contribution in [3.05, 3.63) is 66.4 Å². The summed E-state index contributed by atoms with van der Waals surface area (Å²) in [7, 11) is 4.25. The molecule has 3 rings (SSSR count). The van der Waals surface area contributed by atoms with E-state index in [0.29, 0.717) is 18.5 Å². The van der Waals surface area contributed by atoms with Crippen LogP contribution >= 0.6 is 0 Å². The standard InChI is InChI=1S/C15H21NO3.C10H11NO.C2H6O.CH4O/c1-6-11-8-9-12(10-17)16(13(11)7-2)14(18)19-15(3,4)5;12-7-9-6-5-8-3-1-2-4-10(8)11-9;1-3-2;1-2/h6-7,10,12H,1-2,8-9H2,3-5H3;1-4,7,9,11H,5-6H2;1-2H3;2H,1H3. The van der Waals surface area contributed by atoms with Gasteiger partial charge in [-0.25, -0.2) is 4.79 Å². The van der Waals surface area contributed by atoms with Crippen molar-refractivity contribution in [2.45, 2.75) is 64.1 Å². The van der Waals surface area contributed by atoms with Crippen LogP contribution in [-0.2, 0) is 25.5 Å². The Labute approximate surface area is 215 Å². The zero-order valence-electron chi connectivity index (χ0n) is 22.5. The molecule has 2 atom stereocenters. The van der Waals surface area contributed by atoms with E-state index < -0.39 is 17.7 Å². The number of amides is 1. The molecule has 0 spiro atoms. The van der Waals surface area contributed by atoms with Gasteiger partial charge in [-0.15, -0.1) is 0 Å². The molecule has 8 heteroatoms. The number of methoxy groups -OCH3 is 1. The van der Waals surface area contributed by atoms with Crippen LogP contribution in [0.1, 0.15) is 45.6 Å². The maximum absolute atomic E-state index is 12.2. The number of nitrogens with one attached hydrogen (secondary N) is 1. The summed E-state index contributed by atoms with van der Waals surface area (Å²) < 4.78 is 9.60. The number of rotatable bonds is 4. The molecule has 36 heavy (non-hydrogen) atoms. The average molecular weight is 503 g/mol. The van der Waals surface area contributed by atoms with E-state index in [2.05, 4.69) is 29.3 Å². The Kier molecular flexibility index (Phi) is 15.7. The first-order valence-electron chi connectivity index (χ1n) is 11.8. The van der Waals surface area contributed by atoms with Crippen LogP contribution < -0.4 is 5.32 Å². The van der Waals surface area contributed by atoms with Crippen LogP contribution in [-0.4, -0.2) is 67.7 Å². The Bertz CT molecular complexity index is 888. The molecule has 1 amide bonds. The van der Waals surface area contributed by atoms with E-state index in [1.165, 1.54) is 10.5 Å². The number of aliphatic hydroxyl groups is 1. The highest BCUT2D eigenvalue weighted by molar-refractivity contribution is 5.77. The number of nitrogens with zero attached hydrogens (tertiary/aromatic N) is 1. The fourth-order valence-electron chi connectivity index (χ4n) is 3.57. The number of carbonyl (C=O) groups excluding carboxylic acids is 3. The summed E-state index contributed by atoms with van der Waals surface area (Å²) in [5.74, 6) is 0. The van der Waals surface area contributed by atoms with Crippen molar-refractivity contribution in [1.29, 1.82) is 0 Å². The molecule has 1 aromatic carbocycles. The number of hydrogen-bond donors (Lipinski definition) is 2. The Morgan fingerprint density at radius 3 is 2.17 bits per heavy atom. The molecule has 0 radical (unpaired) electrons. The lowest BCUT2D eigenvalue weighted by Gasteiger charge is -2.35. The molecule has 1 aromatic rings. The van der Waals surface area contributed by atoms with Crippen molar-refractivity contribution in [1.82, 2.24) is 4.90 Å². The number of allylic oxidation sites excluding steroid dienone is 3. The van der Waals surface area contributed by atoms with Crippen LogP contribution in [0, 0.1) is 0 Å². The monoisotopic (exact) mass is 502 g/mol. The molecular weight excluding hydrogens is 460 g/mol. The van der Waals surface area contributed by atoms with Crippen molar-refractivity contribution in [2.75, 3.05) is 26.6 Å². The van der Waals surface area contributed by atoms with Gasteiger partial charge in [0.05, 0.1) is 17.8 Å². The lowest BCUT2D eigenvalue weighted by molar-refractivity contribution is -0.112. The summed E-state index contributed by atoms with van der Waals surface area (Å²) in [5, 5.41) is 10.2. The highest BCUT2D eigenvalue weighted by Crippen LogP contribution is 2.29. The second-order valence-electron chi connectivity index (χ2n) is 8.90. The normalized spacial score (nSPS) is 18.1. The van der Waals surface area contributed by atoms with Crippen LogP contribution in [0.2, 0.25) is 0 Å². The fourth-order valence-corrected chi connectivity index (χ4v) is 3.57. The molecule has 0 aromatic heterocycles. The molecule has 0 saturated heterocycles. The van der Waals surface area contributed by atoms with E-state index in [4.69, 9.17) is 9.84 Å². The lowest BCUT2D eigenvalue weighted by Crippen LogP contribution is -2.45. The van der Waals surface area contributed by atoms with Crippen molar-refractivity contribution in [3.8, 4) is 0 Å². The minimum atomic E-state index is -0.609.